The van der Waals surface area contributed by atoms with Crippen LogP contribution in [-0.2, 0) is 0 Å². The van der Waals surface area contributed by atoms with Gasteiger partial charge >= 0.3 is 6.03 Å². The number of anilines is 3. The van der Waals surface area contributed by atoms with Crippen molar-refractivity contribution in [3.63, 3.8) is 0 Å². The highest BCUT2D eigenvalue weighted by Gasteiger charge is 2.34. The average molecular weight is 528 g/mol. The van der Waals surface area contributed by atoms with E-state index in [9.17, 15) is 9.59 Å². The molecule has 0 unspecified atom stereocenters. The van der Waals surface area contributed by atoms with Crippen LogP contribution in [0.1, 0.15) is 33.6 Å². The fourth-order valence-electron chi connectivity index (χ4n) is 5.28. The number of aromatic nitrogens is 1. The highest BCUT2D eigenvalue weighted by atomic mass is 32.1. The molecule has 6 rings (SSSR count). The number of likely N-dealkylation sites (N-methyl/N-ethyl adjacent to an activating group) is 1. The molecule has 0 spiro atoms. The highest BCUT2D eigenvalue weighted by molar-refractivity contribution is 7.21. The maximum atomic E-state index is 13.5. The van der Waals surface area contributed by atoms with E-state index in [1.165, 1.54) is 11.3 Å². The minimum Gasteiger partial charge on any atom is -0.457 e. The number of amides is 3. The predicted octanol–water partition coefficient (Wildman–Crippen LogP) is 6.21. The molecule has 2 aliphatic heterocycles. The number of ether oxygens (including phenoxy) is 1. The van der Waals surface area contributed by atoms with E-state index in [-0.39, 0.29) is 18.0 Å². The molecule has 4 heterocycles. The summed E-state index contributed by atoms with van der Waals surface area (Å²) in [5, 5.41) is 6.94. The number of rotatable bonds is 5. The van der Waals surface area contributed by atoms with Crippen molar-refractivity contribution in [3.05, 3.63) is 70.7 Å². The first-order valence-corrected chi connectivity index (χ1v) is 13.6. The third-order valence-corrected chi connectivity index (χ3v) is 8.14. The summed E-state index contributed by atoms with van der Waals surface area (Å²) in [6.07, 6.45) is 3.68. The number of aryl methyl sites for hydroxylation is 2. The molecule has 0 bridgehead atoms. The third-order valence-electron chi connectivity index (χ3n) is 7.05. The Kier molecular flexibility index (Phi) is 6.25. The molecule has 1 atom stereocenters. The second-order valence-electron chi connectivity index (χ2n) is 10.0. The van der Waals surface area contributed by atoms with Gasteiger partial charge in [0.2, 0.25) is 0 Å². The minimum absolute atomic E-state index is 0.0880. The van der Waals surface area contributed by atoms with Crippen LogP contribution in [0.25, 0.3) is 10.2 Å². The van der Waals surface area contributed by atoms with Crippen LogP contribution in [0.2, 0.25) is 0 Å². The van der Waals surface area contributed by atoms with Crippen molar-refractivity contribution in [1.29, 1.82) is 0 Å². The summed E-state index contributed by atoms with van der Waals surface area (Å²) in [5.74, 6) is 1.28. The fraction of sp³-hybridized carbons (Fsp3) is 0.276. The summed E-state index contributed by atoms with van der Waals surface area (Å²) in [7, 11) is 2.07. The van der Waals surface area contributed by atoms with Crippen LogP contribution in [0, 0.1) is 13.8 Å². The lowest BCUT2D eigenvalue weighted by Gasteiger charge is -2.31. The van der Waals surface area contributed by atoms with Crippen LogP contribution in [0.15, 0.2) is 54.7 Å². The van der Waals surface area contributed by atoms with Crippen LogP contribution in [0.3, 0.4) is 0 Å². The molecular formula is C29H29N5O3S. The first-order valence-electron chi connectivity index (χ1n) is 12.7. The normalized spacial score (nSPS) is 17.4. The molecule has 0 saturated carbocycles. The van der Waals surface area contributed by atoms with Gasteiger partial charge in [-0.2, -0.15) is 0 Å². The smallest absolute Gasteiger partial charge is 0.331 e. The fourth-order valence-corrected chi connectivity index (χ4v) is 6.30. The zero-order valence-electron chi connectivity index (χ0n) is 21.6. The second-order valence-corrected chi connectivity index (χ2v) is 11.0. The van der Waals surface area contributed by atoms with Crippen molar-refractivity contribution in [2.75, 3.05) is 30.4 Å². The van der Waals surface area contributed by atoms with Gasteiger partial charge in [-0.25, -0.2) is 9.78 Å². The Morgan fingerprint density at radius 2 is 1.97 bits per heavy atom. The van der Waals surface area contributed by atoms with Gasteiger partial charge < -0.3 is 20.3 Å². The van der Waals surface area contributed by atoms with Gasteiger partial charge in [0.25, 0.3) is 5.91 Å². The molecule has 2 N–H and O–H groups in total. The minimum atomic E-state index is -0.315. The van der Waals surface area contributed by atoms with Crippen LogP contribution in [0.5, 0.6) is 11.5 Å². The van der Waals surface area contributed by atoms with E-state index < -0.39 is 0 Å². The maximum Gasteiger partial charge on any atom is 0.331 e. The molecule has 8 nitrogen and oxygen atoms in total. The first-order chi connectivity index (χ1) is 18.4. The Morgan fingerprint density at radius 3 is 2.76 bits per heavy atom. The monoisotopic (exact) mass is 527 g/mol. The first kappa shape index (κ1) is 24.4. The maximum absolute atomic E-state index is 13.5. The van der Waals surface area contributed by atoms with E-state index in [1.54, 1.807) is 11.1 Å². The van der Waals surface area contributed by atoms with Crippen molar-refractivity contribution in [2.24, 2.45) is 0 Å². The zero-order valence-corrected chi connectivity index (χ0v) is 22.4. The second kappa shape index (κ2) is 9.74. The molecule has 4 aromatic rings. The lowest BCUT2D eigenvalue weighted by Crippen LogP contribution is -2.46. The van der Waals surface area contributed by atoms with Crippen molar-refractivity contribution in [1.82, 2.24) is 15.2 Å². The molecule has 2 aliphatic rings. The van der Waals surface area contributed by atoms with Crippen LogP contribution in [-0.4, -0.2) is 48.0 Å². The molecule has 0 radical (unpaired) electrons. The number of benzene rings is 2. The molecule has 194 valence electrons. The van der Waals surface area contributed by atoms with Crippen LogP contribution in [0.4, 0.5) is 21.9 Å². The van der Waals surface area contributed by atoms with E-state index in [4.69, 9.17) is 4.74 Å². The number of carbonyl (C=O) groups is 2. The summed E-state index contributed by atoms with van der Waals surface area (Å²) < 4.78 is 6.05. The molecule has 1 fully saturated rings. The van der Waals surface area contributed by atoms with Crippen LogP contribution >= 0.6 is 11.3 Å². The van der Waals surface area contributed by atoms with Gasteiger partial charge in [-0.15, -0.1) is 11.3 Å². The van der Waals surface area contributed by atoms with E-state index >= 15 is 0 Å². The molecule has 0 aliphatic carbocycles. The Labute approximate surface area is 225 Å². The van der Waals surface area contributed by atoms with E-state index in [0.29, 0.717) is 26.8 Å². The highest BCUT2D eigenvalue weighted by Crippen LogP contribution is 2.46. The third kappa shape index (κ3) is 4.48. The summed E-state index contributed by atoms with van der Waals surface area (Å²) in [5.41, 5.74) is 3.98. The number of likely N-dealkylation sites (tertiary alicyclic amines) is 1. The number of pyridine rings is 1. The number of nitrogens with one attached hydrogen (secondary N) is 2. The van der Waals surface area contributed by atoms with Gasteiger partial charge in [0.15, 0.2) is 0 Å². The molecule has 9 heteroatoms. The number of piperidine rings is 1. The summed E-state index contributed by atoms with van der Waals surface area (Å²) >= 11 is 1.31. The lowest BCUT2D eigenvalue weighted by molar-refractivity contribution is 0.0917. The lowest BCUT2D eigenvalue weighted by atomic mass is 10.1. The Balaban J connectivity index is 1.32. The Morgan fingerprint density at radius 1 is 1.13 bits per heavy atom. The number of thiophene rings is 1. The van der Waals surface area contributed by atoms with Gasteiger partial charge in [0.1, 0.15) is 21.2 Å². The number of hydrogen-bond donors (Lipinski definition) is 2. The van der Waals surface area contributed by atoms with E-state index in [2.05, 4.69) is 27.6 Å². The van der Waals surface area contributed by atoms with Gasteiger partial charge in [-0.1, -0.05) is 12.1 Å². The number of hydrogen-bond acceptors (Lipinski definition) is 6. The topological polar surface area (TPSA) is 86.8 Å². The van der Waals surface area contributed by atoms with Gasteiger partial charge in [0.05, 0.1) is 22.4 Å². The quantitative estimate of drug-likeness (QED) is 0.322. The van der Waals surface area contributed by atoms with E-state index in [1.807, 2.05) is 62.4 Å². The van der Waals surface area contributed by atoms with Gasteiger partial charge in [-0.3, -0.25) is 9.69 Å². The summed E-state index contributed by atoms with van der Waals surface area (Å²) in [6, 6.07) is 15.1. The number of urea groups is 1. The molecule has 2 aromatic carbocycles. The SMILES string of the molecule is Cc1cccc(Oc2ccc(N3C(=O)Nc4c(C(=O)N[C@@H]5CCCN(C)C5)sc5nccc3c45)c(C)c2)c1. The Hall–Kier alpha value is -3.95. The summed E-state index contributed by atoms with van der Waals surface area (Å²) in [6.45, 7) is 5.83. The molecule has 38 heavy (non-hydrogen) atoms. The average Bonchev–Trinajstić information content (AvgIpc) is 3.25. The van der Waals surface area contributed by atoms with Crippen molar-refractivity contribution < 1.29 is 14.3 Å². The van der Waals surface area contributed by atoms with E-state index in [0.717, 1.165) is 53.9 Å². The molecule has 1 saturated heterocycles. The zero-order chi connectivity index (χ0) is 26.4. The van der Waals surface area contributed by atoms with Crippen LogP contribution < -0.4 is 20.3 Å². The molecule has 3 amide bonds. The Bertz CT molecular complexity index is 1570. The van der Waals surface area contributed by atoms with Gasteiger partial charge in [-0.05, 0) is 87.8 Å². The number of carbonyl (C=O) groups excluding carboxylic acids is 2. The largest absolute Gasteiger partial charge is 0.457 e. The molecule has 2 aromatic heterocycles. The van der Waals surface area contributed by atoms with Crippen molar-refractivity contribution in [2.45, 2.75) is 32.7 Å². The summed E-state index contributed by atoms with van der Waals surface area (Å²) in [4.78, 5) is 36.4. The molecular weight excluding hydrogens is 498 g/mol. The van der Waals surface area contributed by atoms with Gasteiger partial charge in [0, 0.05) is 18.8 Å². The standard InChI is InChI=1S/C29H29N5O3S/c1-17-6-4-8-20(14-17)37-21-9-10-22(18(2)15-21)34-23-11-12-30-28-24(23)25(32-29(34)36)26(38-28)27(35)31-19-7-5-13-33(3)16-19/h4,6,8-12,14-15,19H,5,7,13,16H2,1-3H3,(H,31,35)(H,32,36)/t19-/m1/s1. The number of nitrogens with zero attached hydrogens (tertiary/aromatic N) is 3. The van der Waals surface area contributed by atoms with Crippen molar-refractivity contribution >= 4 is 50.6 Å². The van der Waals surface area contributed by atoms with Crippen molar-refractivity contribution in [3.8, 4) is 11.5 Å². The predicted molar refractivity (Wildman–Crippen MR) is 151 cm³/mol.